The Bertz CT molecular complexity index is 583. The molecule has 22 heavy (non-hydrogen) atoms. The van der Waals surface area contributed by atoms with E-state index in [0.717, 1.165) is 12.1 Å². The second-order valence-electron chi connectivity index (χ2n) is 6.60. The summed E-state index contributed by atoms with van der Waals surface area (Å²) in [5.74, 6) is 0. The van der Waals surface area contributed by atoms with Crippen LogP contribution in [0.2, 0.25) is 0 Å². The molecule has 0 saturated heterocycles. The highest BCUT2D eigenvalue weighted by Gasteiger charge is 2.21. The molecule has 0 aliphatic rings. The summed E-state index contributed by atoms with van der Waals surface area (Å²) >= 11 is 0. The highest BCUT2D eigenvalue weighted by molar-refractivity contribution is 7.89. The van der Waals surface area contributed by atoms with Crippen LogP contribution in [0.3, 0.4) is 0 Å². The van der Waals surface area contributed by atoms with Crippen molar-refractivity contribution in [1.82, 2.24) is 10.0 Å². The van der Waals surface area contributed by atoms with Gasteiger partial charge in [0.2, 0.25) is 10.0 Å². The Kier molecular flexibility index (Phi) is 6.55. The lowest BCUT2D eigenvalue weighted by molar-refractivity contribution is 0.127. The van der Waals surface area contributed by atoms with E-state index in [1.165, 1.54) is 7.05 Å². The van der Waals surface area contributed by atoms with Crippen molar-refractivity contribution in [2.24, 2.45) is 5.41 Å². The molecule has 126 valence electrons. The zero-order chi connectivity index (χ0) is 17.0. The molecule has 0 heterocycles. The van der Waals surface area contributed by atoms with Crippen LogP contribution in [-0.4, -0.2) is 33.2 Å². The van der Waals surface area contributed by atoms with Crippen molar-refractivity contribution in [3.05, 3.63) is 29.8 Å². The molecule has 5 nitrogen and oxygen atoms in total. The molecule has 0 spiro atoms. The lowest BCUT2D eigenvalue weighted by Gasteiger charge is -2.28. The SMILES string of the molecule is CNS(=O)(=O)c1cccc(C(C)NCC(C)(C)CC(C)O)c1. The van der Waals surface area contributed by atoms with Gasteiger partial charge < -0.3 is 10.4 Å². The Morgan fingerprint density at radius 3 is 2.45 bits per heavy atom. The summed E-state index contributed by atoms with van der Waals surface area (Å²) in [6.45, 7) is 8.73. The molecule has 0 fully saturated rings. The molecule has 1 rings (SSSR count). The van der Waals surface area contributed by atoms with Crippen LogP contribution in [-0.2, 0) is 10.0 Å². The van der Waals surface area contributed by atoms with Crippen LogP contribution in [0.4, 0.5) is 0 Å². The van der Waals surface area contributed by atoms with Crippen molar-refractivity contribution in [2.75, 3.05) is 13.6 Å². The number of aliphatic hydroxyl groups is 1. The Hall–Kier alpha value is -0.950. The quantitative estimate of drug-likeness (QED) is 0.682. The van der Waals surface area contributed by atoms with E-state index in [-0.39, 0.29) is 22.5 Å². The number of sulfonamides is 1. The van der Waals surface area contributed by atoms with Gasteiger partial charge in [0.25, 0.3) is 0 Å². The zero-order valence-electron chi connectivity index (χ0n) is 14.1. The molecule has 6 heteroatoms. The Balaban J connectivity index is 2.79. The fraction of sp³-hybridized carbons (Fsp3) is 0.625. The van der Waals surface area contributed by atoms with Crippen LogP contribution in [0.25, 0.3) is 0 Å². The average molecular weight is 328 g/mol. The van der Waals surface area contributed by atoms with E-state index in [4.69, 9.17) is 0 Å². The predicted molar refractivity (Wildman–Crippen MR) is 89.2 cm³/mol. The van der Waals surface area contributed by atoms with Crippen molar-refractivity contribution < 1.29 is 13.5 Å². The normalized spacial score (nSPS) is 15.5. The first-order valence-electron chi connectivity index (χ1n) is 7.52. The molecule has 2 atom stereocenters. The molecular formula is C16H28N2O3S. The third-order valence-electron chi connectivity index (χ3n) is 3.67. The number of aliphatic hydroxyl groups excluding tert-OH is 1. The average Bonchev–Trinajstić information content (AvgIpc) is 2.43. The van der Waals surface area contributed by atoms with Crippen LogP contribution in [0, 0.1) is 5.41 Å². The second-order valence-corrected chi connectivity index (χ2v) is 8.49. The van der Waals surface area contributed by atoms with Crippen LogP contribution in [0.15, 0.2) is 29.2 Å². The first-order valence-corrected chi connectivity index (χ1v) is 9.01. The lowest BCUT2D eigenvalue weighted by atomic mass is 9.86. The van der Waals surface area contributed by atoms with Gasteiger partial charge in [-0.3, -0.25) is 0 Å². The van der Waals surface area contributed by atoms with Gasteiger partial charge in [0.1, 0.15) is 0 Å². The van der Waals surface area contributed by atoms with Gasteiger partial charge in [0.15, 0.2) is 0 Å². The largest absolute Gasteiger partial charge is 0.393 e. The molecule has 0 saturated carbocycles. The van der Waals surface area contributed by atoms with Crippen molar-refractivity contribution in [3.8, 4) is 0 Å². The van der Waals surface area contributed by atoms with Crippen LogP contribution in [0.1, 0.15) is 45.7 Å². The molecule has 1 aromatic rings. The van der Waals surface area contributed by atoms with Gasteiger partial charge in [-0.15, -0.1) is 0 Å². The number of hydrogen-bond donors (Lipinski definition) is 3. The minimum absolute atomic E-state index is 0.0280. The van der Waals surface area contributed by atoms with Gasteiger partial charge in [-0.1, -0.05) is 26.0 Å². The number of nitrogens with one attached hydrogen (secondary N) is 2. The Morgan fingerprint density at radius 2 is 1.91 bits per heavy atom. The van der Waals surface area contributed by atoms with Gasteiger partial charge >= 0.3 is 0 Å². The van der Waals surface area contributed by atoms with Crippen LogP contribution < -0.4 is 10.0 Å². The molecule has 2 unspecified atom stereocenters. The monoisotopic (exact) mass is 328 g/mol. The van der Waals surface area contributed by atoms with E-state index in [0.29, 0.717) is 6.42 Å². The highest BCUT2D eigenvalue weighted by Crippen LogP contribution is 2.23. The van der Waals surface area contributed by atoms with E-state index >= 15 is 0 Å². The van der Waals surface area contributed by atoms with Crippen molar-refractivity contribution in [3.63, 3.8) is 0 Å². The first kappa shape index (κ1) is 19.1. The summed E-state index contributed by atoms with van der Waals surface area (Å²) in [6, 6.07) is 6.96. The molecular weight excluding hydrogens is 300 g/mol. The number of rotatable bonds is 8. The topological polar surface area (TPSA) is 78.4 Å². The van der Waals surface area contributed by atoms with E-state index in [1.54, 1.807) is 25.1 Å². The first-order chi connectivity index (χ1) is 10.1. The molecule has 1 aromatic carbocycles. The van der Waals surface area contributed by atoms with E-state index < -0.39 is 10.0 Å². The van der Waals surface area contributed by atoms with Gasteiger partial charge in [0.05, 0.1) is 11.0 Å². The molecule has 0 bridgehead atoms. The summed E-state index contributed by atoms with van der Waals surface area (Å²) in [5.41, 5.74) is 0.890. The number of benzene rings is 1. The summed E-state index contributed by atoms with van der Waals surface area (Å²) in [4.78, 5) is 0.268. The maximum atomic E-state index is 11.9. The van der Waals surface area contributed by atoms with Gasteiger partial charge in [-0.25, -0.2) is 13.1 Å². The van der Waals surface area contributed by atoms with Crippen molar-refractivity contribution >= 4 is 10.0 Å². The molecule has 0 aliphatic carbocycles. The lowest BCUT2D eigenvalue weighted by Crippen LogP contribution is -2.33. The van der Waals surface area contributed by atoms with E-state index in [1.807, 2.05) is 13.0 Å². The summed E-state index contributed by atoms with van der Waals surface area (Å²) in [6.07, 6.45) is 0.372. The fourth-order valence-electron chi connectivity index (χ4n) is 2.49. The predicted octanol–water partition coefficient (Wildman–Crippen LogP) is 2.04. The molecule has 0 aromatic heterocycles. The third-order valence-corrected chi connectivity index (χ3v) is 5.08. The fourth-order valence-corrected chi connectivity index (χ4v) is 3.27. The third kappa shape index (κ3) is 5.68. The van der Waals surface area contributed by atoms with Crippen molar-refractivity contribution in [1.29, 1.82) is 0 Å². The Morgan fingerprint density at radius 1 is 1.27 bits per heavy atom. The van der Waals surface area contributed by atoms with Crippen LogP contribution >= 0.6 is 0 Å². The second kappa shape index (κ2) is 7.55. The molecule has 0 amide bonds. The summed E-state index contributed by atoms with van der Waals surface area (Å²) in [5, 5.41) is 12.9. The van der Waals surface area contributed by atoms with Gasteiger partial charge in [0, 0.05) is 12.6 Å². The standard InChI is InChI=1S/C16H28N2O3S/c1-12(19)10-16(3,4)11-18-13(2)14-7-6-8-15(9-14)22(20,21)17-5/h6-9,12-13,17-19H,10-11H2,1-5H3. The molecule has 0 radical (unpaired) electrons. The minimum Gasteiger partial charge on any atom is -0.393 e. The summed E-state index contributed by atoms with van der Waals surface area (Å²) < 4.78 is 26.0. The minimum atomic E-state index is -3.42. The molecule has 3 N–H and O–H groups in total. The van der Waals surface area contributed by atoms with Gasteiger partial charge in [-0.2, -0.15) is 0 Å². The zero-order valence-corrected chi connectivity index (χ0v) is 14.9. The van der Waals surface area contributed by atoms with Gasteiger partial charge in [-0.05, 0) is 50.4 Å². The van der Waals surface area contributed by atoms with Crippen molar-refractivity contribution in [2.45, 2.75) is 51.2 Å². The maximum absolute atomic E-state index is 11.9. The van der Waals surface area contributed by atoms with E-state index in [9.17, 15) is 13.5 Å². The van der Waals surface area contributed by atoms with E-state index in [2.05, 4.69) is 23.9 Å². The van der Waals surface area contributed by atoms with Crippen LogP contribution in [0.5, 0.6) is 0 Å². The Labute approximate surface area is 134 Å². The highest BCUT2D eigenvalue weighted by atomic mass is 32.2. The smallest absolute Gasteiger partial charge is 0.240 e. The molecule has 0 aliphatic heterocycles. The summed E-state index contributed by atoms with van der Waals surface area (Å²) in [7, 11) is -2.02. The maximum Gasteiger partial charge on any atom is 0.240 e. The number of hydrogen-bond acceptors (Lipinski definition) is 4.